The van der Waals surface area contributed by atoms with E-state index in [1.165, 1.54) is 63.5 Å². The van der Waals surface area contributed by atoms with E-state index in [9.17, 15) is 4.39 Å². The van der Waals surface area contributed by atoms with Crippen LogP contribution >= 0.6 is 0 Å². The Hall–Kier alpha value is -2.56. The van der Waals surface area contributed by atoms with E-state index in [0.717, 1.165) is 12.0 Å². The Morgan fingerprint density at radius 2 is 1.52 bits per heavy atom. The van der Waals surface area contributed by atoms with Gasteiger partial charge < -0.3 is 14.2 Å². The minimum absolute atomic E-state index is 0.108. The van der Waals surface area contributed by atoms with Gasteiger partial charge in [0.15, 0.2) is 6.29 Å². The van der Waals surface area contributed by atoms with Crippen LogP contribution in [0.2, 0.25) is 0 Å². The van der Waals surface area contributed by atoms with E-state index in [0.29, 0.717) is 61.9 Å². The lowest BCUT2D eigenvalue weighted by Crippen LogP contribution is -2.43. The summed E-state index contributed by atoms with van der Waals surface area (Å²) in [7, 11) is 0. The van der Waals surface area contributed by atoms with Crippen LogP contribution in [0.3, 0.4) is 0 Å². The molecule has 1 saturated heterocycles. The van der Waals surface area contributed by atoms with E-state index in [4.69, 9.17) is 19.5 Å². The monoisotopic (exact) mass is 583 g/mol. The van der Waals surface area contributed by atoms with Crippen LogP contribution in [0.15, 0.2) is 42.5 Å². The van der Waals surface area contributed by atoms with Gasteiger partial charge in [0.25, 0.3) is 0 Å². The summed E-state index contributed by atoms with van der Waals surface area (Å²) in [6, 6.07) is 12.3. The summed E-state index contributed by atoms with van der Waals surface area (Å²) < 4.78 is 62.5. The molecule has 0 amide bonds. The predicted octanol–water partition coefficient (Wildman–Crippen LogP) is 9.52. The molecule has 0 bridgehead atoms. The summed E-state index contributed by atoms with van der Waals surface area (Å²) in [5, 5.41) is 8.95. The van der Waals surface area contributed by atoms with Crippen LogP contribution in [0.1, 0.15) is 89.5 Å². The van der Waals surface area contributed by atoms with E-state index in [1.807, 2.05) is 6.07 Å². The smallest absolute Gasteiger partial charge is 0.400 e. The highest BCUT2D eigenvalue weighted by Gasteiger charge is 2.46. The Balaban J connectivity index is 1.06. The molecule has 3 fully saturated rings. The van der Waals surface area contributed by atoms with Crippen molar-refractivity contribution in [1.29, 1.82) is 5.26 Å². The van der Waals surface area contributed by atoms with Crippen molar-refractivity contribution in [2.24, 2.45) is 29.6 Å². The second-order valence-corrected chi connectivity index (χ2v) is 12.7. The molecule has 5 rings (SSSR count). The van der Waals surface area contributed by atoms with E-state index < -0.39 is 17.8 Å². The molecule has 0 spiro atoms. The minimum atomic E-state index is -3.40. The quantitative estimate of drug-likeness (QED) is 0.261. The molecular formula is C35H44F3NO3. The van der Waals surface area contributed by atoms with Gasteiger partial charge in [-0.1, -0.05) is 57.6 Å². The molecule has 2 saturated carbocycles. The van der Waals surface area contributed by atoms with Crippen molar-refractivity contribution in [3.8, 4) is 22.9 Å². The second kappa shape index (κ2) is 14.3. The van der Waals surface area contributed by atoms with Gasteiger partial charge in [-0.3, -0.25) is 0 Å². The summed E-state index contributed by atoms with van der Waals surface area (Å²) >= 11 is 0. The highest BCUT2D eigenvalue weighted by atomic mass is 19.3. The lowest BCUT2D eigenvalue weighted by atomic mass is 9.74. The van der Waals surface area contributed by atoms with Crippen LogP contribution in [-0.4, -0.2) is 25.6 Å². The molecular weight excluding hydrogens is 539 g/mol. The number of alkyl halides is 2. The Morgan fingerprint density at radius 3 is 2.14 bits per heavy atom. The average molecular weight is 584 g/mol. The first kappa shape index (κ1) is 30.9. The molecule has 1 aliphatic heterocycles. The Labute approximate surface area is 248 Å². The normalized spacial score (nSPS) is 28.6. The lowest BCUT2D eigenvalue weighted by molar-refractivity contribution is -0.251. The zero-order chi connectivity index (χ0) is 29.5. The van der Waals surface area contributed by atoms with Crippen LogP contribution in [0.25, 0.3) is 11.1 Å². The zero-order valence-electron chi connectivity index (χ0n) is 24.7. The molecule has 0 atom stereocenters. The van der Waals surface area contributed by atoms with Crippen molar-refractivity contribution in [2.45, 2.75) is 96.4 Å². The number of benzene rings is 2. The number of halogens is 3. The van der Waals surface area contributed by atoms with Crippen LogP contribution in [0.5, 0.6) is 5.75 Å². The molecule has 3 aliphatic rings. The fourth-order valence-corrected chi connectivity index (χ4v) is 7.19. The first-order valence-corrected chi connectivity index (χ1v) is 16.0. The summed E-state index contributed by atoms with van der Waals surface area (Å²) in [6.07, 6.45) is 8.60. The Morgan fingerprint density at radius 1 is 0.857 bits per heavy atom. The summed E-state index contributed by atoms with van der Waals surface area (Å²) in [5.74, 6) is 0.308. The first-order chi connectivity index (χ1) is 20.4. The van der Waals surface area contributed by atoms with Gasteiger partial charge in [0.05, 0.1) is 30.8 Å². The SMILES string of the molecule is CCCCCC1CCC(C2COC(C3CCC(C(F)(F)Oc4ccc(-c5ccc(C#N)cc5)c(F)c4)CC3)OC2)CC1. The maximum Gasteiger partial charge on any atom is 0.400 e. The van der Waals surface area contributed by atoms with Crippen LogP contribution in [0.4, 0.5) is 13.2 Å². The third kappa shape index (κ3) is 7.68. The van der Waals surface area contributed by atoms with Gasteiger partial charge >= 0.3 is 6.11 Å². The van der Waals surface area contributed by atoms with E-state index in [-0.39, 0.29) is 23.5 Å². The molecule has 0 aromatic heterocycles. The fraction of sp³-hybridized carbons (Fsp3) is 0.629. The summed E-state index contributed by atoms with van der Waals surface area (Å²) in [6.45, 7) is 3.67. The molecule has 4 nitrogen and oxygen atoms in total. The number of nitrogens with zero attached hydrogens (tertiary/aromatic N) is 1. The van der Waals surface area contributed by atoms with Gasteiger partial charge in [-0.2, -0.15) is 14.0 Å². The largest absolute Gasteiger partial charge is 0.432 e. The molecule has 7 heteroatoms. The number of ether oxygens (including phenoxy) is 3. The topological polar surface area (TPSA) is 51.5 Å². The number of rotatable bonds is 10. The highest BCUT2D eigenvalue weighted by Crippen LogP contribution is 2.43. The molecule has 0 radical (unpaired) electrons. The number of nitriles is 1. The molecule has 2 aromatic rings. The molecule has 0 N–H and O–H groups in total. The fourth-order valence-electron chi connectivity index (χ4n) is 7.19. The van der Waals surface area contributed by atoms with Gasteiger partial charge in [0.2, 0.25) is 0 Å². The highest BCUT2D eigenvalue weighted by molar-refractivity contribution is 5.65. The Bertz CT molecular complexity index is 1170. The standard InChI is InChI=1S/C35H44F3NO3/c1-2-3-4-5-24-6-10-26(11-7-24)29-22-40-34(41-23-29)28-14-16-30(17-15-28)35(37,38)42-31-18-19-32(33(36)20-31)27-12-8-25(21-39)9-13-27/h8-9,12-13,18-20,24,26,28-30,34H,2-7,10-11,14-17,22-23H2,1H3. The molecule has 0 unspecified atom stereocenters. The molecule has 42 heavy (non-hydrogen) atoms. The molecule has 2 aliphatic carbocycles. The third-order valence-corrected chi connectivity index (χ3v) is 9.87. The first-order valence-electron chi connectivity index (χ1n) is 16.0. The van der Waals surface area contributed by atoms with Crippen molar-refractivity contribution < 1.29 is 27.4 Å². The van der Waals surface area contributed by atoms with Gasteiger partial charge in [-0.25, -0.2) is 4.39 Å². The summed E-state index contributed by atoms with van der Waals surface area (Å²) in [4.78, 5) is 0. The van der Waals surface area contributed by atoms with Crippen molar-refractivity contribution in [1.82, 2.24) is 0 Å². The average Bonchev–Trinajstić information content (AvgIpc) is 3.02. The molecule has 1 heterocycles. The van der Waals surface area contributed by atoms with Crippen molar-refractivity contribution >= 4 is 0 Å². The second-order valence-electron chi connectivity index (χ2n) is 12.7. The van der Waals surface area contributed by atoms with Crippen LogP contribution in [0, 0.1) is 46.7 Å². The number of hydrogen-bond donors (Lipinski definition) is 0. The zero-order valence-corrected chi connectivity index (χ0v) is 24.7. The van der Waals surface area contributed by atoms with Gasteiger partial charge in [-0.05, 0) is 80.2 Å². The van der Waals surface area contributed by atoms with Crippen molar-refractivity contribution in [3.63, 3.8) is 0 Å². The van der Waals surface area contributed by atoms with E-state index >= 15 is 8.78 Å². The van der Waals surface area contributed by atoms with Gasteiger partial charge in [0.1, 0.15) is 11.6 Å². The van der Waals surface area contributed by atoms with E-state index in [1.54, 1.807) is 24.3 Å². The molecule has 228 valence electrons. The van der Waals surface area contributed by atoms with Crippen LogP contribution < -0.4 is 4.74 Å². The minimum Gasteiger partial charge on any atom is -0.432 e. The number of hydrogen-bond acceptors (Lipinski definition) is 4. The van der Waals surface area contributed by atoms with Crippen molar-refractivity contribution in [2.75, 3.05) is 13.2 Å². The summed E-state index contributed by atoms with van der Waals surface area (Å²) in [5.41, 5.74) is 1.29. The number of unbranched alkanes of at least 4 members (excludes halogenated alkanes) is 2. The molecule has 2 aromatic carbocycles. The van der Waals surface area contributed by atoms with Crippen molar-refractivity contribution in [3.05, 3.63) is 53.8 Å². The third-order valence-electron chi connectivity index (χ3n) is 9.87. The van der Waals surface area contributed by atoms with Crippen LogP contribution in [-0.2, 0) is 9.47 Å². The predicted molar refractivity (Wildman–Crippen MR) is 156 cm³/mol. The lowest BCUT2D eigenvalue weighted by Gasteiger charge is -2.41. The Kier molecular flexibility index (Phi) is 10.5. The van der Waals surface area contributed by atoms with Gasteiger partial charge in [-0.15, -0.1) is 0 Å². The van der Waals surface area contributed by atoms with Gasteiger partial charge in [0, 0.05) is 23.5 Å². The maximum atomic E-state index is 15.1. The van der Waals surface area contributed by atoms with E-state index in [2.05, 4.69) is 6.92 Å². The maximum absolute atomic E-state index is 15.1.